The van der Waals surface area contributed by atoms with Gasteiger partial charge in [-0.2, -0.15) is 0 Å². The van der Waals surface area contributed by atoms with Crippen LogP contribution in [0.2, 0.25) is 0 Å². The summed E-state index contributed by atoms with van der Waals surface area (Å²) in [7, 11) is 1.85. The second-order valence-electron chi connectivity index (χ2n) is 8.57. The fourth-order valence-corrected chi connectivity index (χ4v) is 4.43. The third kappa shape index (κ3) is 5.68. The average molecular weight is 442 g/mol. The average Bonchev–Trinajstić information content (AvgIpc) is 3.40. The molecule has 0 saturated carbocycles. The van der Waals surface area contributed by atoms with Gasteiger partial charge in [0.05, 0.1) is 6.04 Å². The van der Waals surface area contributed by atoms with Crippen LogP contribution >= 0.6 is 0 Å². The maximum atomic E-state index is 13.9. The summed E-state index contributed by atoms with van der Waals surface area (Å²) in [5.41, 5.74) is 2.40. The zero-order valence-electron chi connectivity index (χ0n) is 19.1. The van der Waals surface area contributed by atoms with Crippen molar-refractivity contribution in [1.82, 2.24) is 15.1 Å². The Labute approximate surface area is 196 Å². The van der Waals surface area contributed by atoms with Crippen molar-refractivity contribution in [2.45, 2.75) is 24.9 Å². The summed E-state index contributed by atoms with van der Waals surface area (Å²) in [5, 5.41) is 2.99. The monoisotopic (exact) mass is 441 g/mol. The largest absolute Gasteiger partial charge is 0.336 e. The van der Waals surface area contributed by atoms with Crippen LogP contribution in [0.25, 0.3) is 0 Å². The predicted molar refractivity (Wildman–Crippen MR) is 131 cm³/mol. The van der Waals surface area contributed by atoms with E-state index >= 15 is 0 Å². The van der Waals surface area contributed by atoms with Crippen molar-refractivity contribution in [3.8, 4) is 0 Å². The van der Waals surface area contributed by atoms with Crippen LogP contribution in [-0.4, -0.2) is 48.3 Å². The molecule has 1 N–H and O–H groups in total. The standard InChI is InChI=1S/C28H31N3O2/c1-30(25(21-31-19-11-12-20-31)22-13-5-2-6-14-22)28(33)26(23-15-7-3-8-16-23)29-27(32)24-17-9-4-10-18-24/h2-10,13-18,25-26H,11-12,19-21H2,1H3,(H,29,32)/t25-,26+/m1/s1. The van der Waals surface area contributed by atoms with Gasteiger partial charge in [-0.3, -0.25) is 9.59 Å². The van der Waals surface area contributed by atoms with Crippen LogP contribution < -0.4 is 5.32 Å². The highest BCUT2D eigenvalue weighted by molar-refractivity contribution is 5.97. The molecule has 2 amide bonds. The van der Waals surface area contributed by atoms with Gasteiger partial charge < -0.3 is 15.1 Å². The minimum atomic E-state index is -0.770. The van der Waals surface area contributed by atoms with E-state index in [0.29, 0.717) is 5.56 Å². The molecule has 1 saturated heterocycles. The number of rotatable bonds is 8. The number of carbonyl (C=O) groups is 2. The third-order valence-electron chi connectivity index (χ3n) is 6.32. The van der Waals surface area contributed by atoms with E-state index in [1.54, 1.807) is 17.0 Å². The summed E-state index contributed by atoms with van der Waals surface area (Å²) in [6.07, 6.45) is 2.39. The highest BCUT2D eigenvalue weighted by Gasteiger charge is 2.32. The van der Waals surface area contributed by atoms with Crippen LogP contribution in [0.4, 0.5) is 0 Å². The predicted octanol–water partition coefficient (Wildman–Crippen LogP) is 4.45. The SMILES string of the molecule is CN(C(=O)[C@@H](NC(=O)c1ccccc1)c1ccccc1)[C@H](CN1CCCC1)c1ccccc1. The molecule has 0 aliphatic carbocycles. The zero-order valence-corrected chi connectivity index (χ0v) is 19.1. The van der Waals surface area contributed by atoms with Crippen molar-refractivity contribution in [2.75, 3.05) is 26.7 Å². The smallest absolute Gasteiger partial charge is 0.252 e. The van der Waals surface area contributed by atoms with E-state index in [9.17, 15) is 9.59 Å². The van der Waals surface area contributed by atoms with Crippen molar-refractivity contribution in [3.05, 3.63) is 108 Å². The van der Waals surface area contributed by atoms with Gasteiger partial charge in [0, 0.05) is 19.2 Å². The lowest BCUT2D eigenvalue weighted by molar-refractivity contribution is -0.134. The van der Waals surface area contributed by atoms with Gasteiger partial charge in [-0.1, -0.05) is 78.9 Å². The molecule has 2 atom stereocenters. The highest BCUT2D eigenvalue weighted by Crippen LogP contribution is 2.26. The van der Waals surface area contributed by atoms with Gasteiger partial charge in [0.25, 0.3) is 5.91 Å². The van der Waals surface area contributed by atoms with Crippen LogP contribution in [0, 0.1) is 0 Å². The summed E-state index contributed by atoms with van der Waals surface area (Å²) in [6.45, 7) is 2.89. The van der Waals surface area contributed by atoms with E-state index < -0.39 is 6.04 Å². The molecule has 1 aliphatic heterocycles. The maximum absolute atomic E-state index is 13.9. The molecule has 5 heteroatoms. The first kappa shape index (κ1) is 22.7. The number of hydrogen-bond donors (Lipinski definition) is 1. The molecule has 4 rings (SSSR count). The van der Waals surface area contributed by atoms with E-state index in [4.69, 9.17) is 0 Å². The molecule has 170 valence electrons. The zero-order chi connectivity index (χ0) is 23.0. The Balaban J connectivity index is 1.62. The molecule has 33 heavy (non-hydrogen) atoms. The van der Waals surface area contributed by atoms with E-state index in [-0.39, 0.29) is 17.9 Å². The molecule has 1 heterocycles. The highest BCUT2D eigenvalue weighted by atomic mass is 16.2. The summed E-state index contributed by atoms with van der Waals surface area (Å²) in [5.74, 6) is -0.388. The number of carbonyl (C=O) groups excluding carboxylic acids is 2. The molecule has 0 bridgehead atoms. The van der Waals surface area contributed by atoms with Gasteiger partial charge in [-0.15, -0.1) is 0 Å². The number of hydrogen-bond acceptors (Lipinski definition) is 3. The lowest BCUT2D eigenvalue weighted by Gasteiger charge is -2.34. The summed E-state index contributed by atoms with van der Waals surface area (Å²) in [6, 6.07) is 27.8. The van der Waals surface area contributed by atoms with Crippen LogP contribution in [0.5, 0.6) is 0 Å². The molecule has 5 nitrogen and oxygen atoms in total. The second kappa shape index (κ2) is 10.9. The Morgan fingerprint density at radius 2 is 1.33 bits per heavy atom. The Bertz CT molecular complexity index is 1030. The molecule has 0 aromatic heterocycles. The first-order valence-corrected chi connectivity index (χ1v) is 11.6. The molecular formula is C28H31N3O2. The van der Waals surface area contributed by atoms with Gasteiger partial charge in [0.1, 0.15) is 6.04 Å². The van der Waals surface area contributed by atoms with Crippen LogP contribution in [0.1, 0.15) is 46.4 Å². The Morgan fingerprint density at radius 1 is 0.818 bits per heavy atom. The minimum absolute atomic E-state index is 0.100. The summed E-state index contributed by atoms with van der Waals surface area (Å²) < 4.78 is 0. The summed E-state index contributed by atoms with van der Waals surface area (Å²) in [4.78, 5) is 31.1. The fraction of sp³-hybridized carbons (Fsp3) is 0.286. The van der Waals surface area contributed by atoms with E-state index in [1.807, 2.05) is 73.8 Å². The van der Waals surface area contributed by atoms with Crippen molar-refractivity contribution in [1.29, 1.82) is 0 Å². The second-order valence-corrected chi connectivity index (χ2v) is 8.57. The molecular weight excluding hydrogens is 410 g/mol. The summed E-state index contributed by atoms with van der Waals surface area (Å²) >= 11 is 0. The fourth-order valence-electron chi connectivity index (χ4n) is 4.43. The first-order valence-electron chi connectivity index (χ1n) is 11.6. The number of amides is 2. The number of likely N-dealkylation sites (tertiary alicyclic amines) is 1. The molecule has 0 radical (unpaired) electrons. The molecule has 1 fully saturated rings. The molecule has 0 unspecified atom stereocenters. The third-order valence-corrected chi connectivity index (χ3v) is 6.32. The molecule has 3 aromatic rings. The van der Waals surface area contributed by atoms with Gasteiger partial charge >= 0.3 is 0 Å². The van der Waals surface area contributed by atoms with Crippen molar-refractivity contribution in [2.24, 2.45) is 0 Å². The number of nitrogens with zero attached hydrogens (tertiary/aromatic N) is 2. The Kier molecular flexibility index (Phi) is 7.53. The lowest BCUT2D eigenvalue weighted by Crippen LogP contribution is -2.45. The Hall–Kier alpha value is -3.44. The number of nitrogens with one attached hydrogen (secondary N) is 1. The van der Waals surface area contributed by atoms with Crippen molar-refractivity contribution < 1.29 is 9.59 Å². The Morgan fingerprint density at radius 3 is 1.91 bits per heavy atom. The maximum Gasteiger partial charge on any atom is 0.252 e. The van der Waals surface area contributed by atoms with Crippen LogP contribution in [-0.2, 0) is 4.79 Å². The van der Waals surface area contributed by atoms with Crippen LogP contribution in [0.3, 0.4) is 0 Å². The van der Waals surface area contributed by atoms with Gasteiger partial charge in [0.15, 0.2) is 0 Å². The minimum Gasteiger partial charge on any atom is -0.336 e. The topological polar surface area (TPSA) is 52.7 Å². The normalized spacial score (nSPS) is 15.5. The molecule has 0 spiro atoms. The van der Waals surface area contributed by atoms with Gasteiger partial charge in [0.2, 0.25) is 5.91 Å². The van der Waals surface area contributed by atoms with E-state index in [1.165, 1.54) is 12.8 Å². The van der Waals surface area contributed by atoms with E-state index in [0.717, 1.165) is 30.8 Å². The lowest BCUT2D eigenvalue weighted by atomic mass is 10.0. The van der Waals surface area contributed by atoms with Crippen molar-refractivity contribution >= 4 is 11.8 Å². The number of benzene rings is 3. The quantitative estimate of drug-likeness (QED) is 0.562. The van der Waals surface area contributed by atoms with Crippen molar-refractivity contribution in [3.63, 3.8) is 0 Å². The first-order chi connectivity index (χ1) is 16.1. The van der Waals surface area contributed by atoms with Gasteiger partial charge in [-0.25, -0.2) is 0 Å². The molecule has 1 aliphatic rings. The van der Waals surface area contributed by atoms with Crippen LogP contribution in [0.15, 0.2) is 91.0 Å². The molecule has 3 aromatic carbocycles. The number of likely N-dealkylation sites (N-methyl/N-ethyl adjacent to an activating group) is 1. The van der Waals surface area contributed by atoms with Gasteiger partial charge in [-0.05, 0) is 49.2 Å². The van der Waals surface area contributed by atoms with E-state index in [2.05, 4.69) is 22.3 Å².